The summed E-state index contributed by atoms with van der Waals surface area (Å²) in [6.45, 7) is 0. The van der Waals surface area contributed by atoms with E-state index in [9.17, 15) is 9.59 Å². The molecule has 1 atom stereocenters. The number of benzene rings is 2. The number of hydrogen-bond acceptors (Lipinski definition) is 5. The maximum atomic E-state index is 12.6. The first-order valence-electron chi connectivity index (χ1n) is 7.18. The Morgan fingerprint density at radius 1 is 1.09 bits per heavy atom. The molecule has 0 saturated carbocycles. The third kappa shape index (κ3) is 2.90. The van der Waals surface area contributed by atoms with E-state index in [4.69, 9.17) is 14.2 Å². The molecule has 2 aromatic carbocycles. The zero-order chi connectivity index (χ0) is 16.4. The predicted molar refractivity (Wildman–Crippen MR) is 83.1 cm³/mol. The van der Waals surface area contributed by atoms with Gasteiger partial charge in [0.25, 0.3) is 0 Å². The highest BCUT2D eigenvalue weighted by atomic mass is 16.5. The van der Waals surface area contributed by atoms with E-state index in [0.29, 0.717) is 22.6 Å². The lowest BCUT2D eigenvalue weighted by molar-refractivity contribution is 0.0367. The van der Waals surface area contributed by atoms with Crippen molar-refractivity contribution >= 4 is 11.8 Å². The largest absolute Gasteiger partial charge is 0.497 e. The van der Waals surface area contributed by atoms with Crippen LogP contribution in [-0.2, 0) is 4.74 Å². The summed E-state index contributed by atoms with van der Waals surface area (Å²) in [7, 11) is 3.05. The Morgan fingerprint density at radius 3 is 2.39 bits per heavy atom. The van der Waals surface area contributed by atoms with Crippen molar-refractivity contribution in [2.24, 2.45) is 0 Å². The van der Waals surface area contributed by atoms with Gasteiger partial charge in [0.15, 0.2) is 5.78 Å². The molecule has 1 aliphatic heterocycles. The van der Waals surface area contributed by atoms with Crippen molar-refractivity contribution < 1.29 is 23.8 Å². The van der Waals surface area contributed by atoms with E-state index in [1.807, 2.05) is 12.1 Å². The molecule has 118 valence electrons. The fraction of sp³-hybridized carbons (Fsp3) is 0.222. The molecule has 0 radical (unpaired) electrons. The third-order valence-corrected chi connectivity index (χ3v) is 3.82. The van der Waals surface area contributed by atoms with Crippen LogP contribution in [0.3, 0.4) is 0 Å². The van der Waals surface area contributed by atoms with Gasteiger partial charge < -0.3 is 14.2 Å². The minimum Gasteiger partial charge on any atom is -0.497 e. The monoisotopic (exact) mass is 312 g/mol. The van der Waals surface area contributed by atoms with Crippen LogP contribution in [0.15, 0.2) is 42.5 Å². The summed E-state index contributed by atoms with van der Waals surface area (Å²) in [6.07, 6.45) is -0.470. The second-order valence-corrected chi connectivity index (χ2v) is 5.21. The van der Waals surface area contributed by atoms with Gasteiger partial charge in [-0.2, -0.15) is 0 Å². The number of rotatable bonds is 5. The molecule has 5 nitrogen and oxygen atoms in total. The summed E-state index contributed by atoms with van der Waals surface area (Å²) in [5.74, 6) is 0.548. The number of ether oxygens (including phenoxy) is 3. The highest BCUT2D eigenvalue weighted by molar-refractivity contribution is 5.99. The fourth-order valence-corrected chi connectivity index (χ4v) is 2.63. The maximum Gasteiger partial charge on any atom is 0.339 e. The molecular weight excluding hydrogens is 296 g/mol. The quantitative estimate of drug-likeness (QED) is 0.627. The second kappa shape index (κ2) is 6.12. The van der Waals surface area contributed by atoms with Crippen LogP contribution in [-0.4, -0.2) is 26.0 Å². The minimum absolute atomic E-state index is 0.0824. The average molecular weight is 312 g/mol. The van der Waals surface area contributed by atoms with E-state index in [2.05, 4.69) is 0 Å². The molecule has 1 aliphatic rings. The van der Waals surface area contributed by atoms with Gasteiger partial charge in [0.2, 0.25) is 0 Å². The lowest BCUT2D eigenvalue weighted by Gasteiger charge is -2.11. The van der Waals surface area contributed by atoms with E-state index >= 15 is 0 Å². The van der Waals surface area contributed by atoms with Crippen molar-refractivity contribution in [2.45, 2.75) is 12.5 Å². The summed E-state index contributed by atoms with van der Waals surface area (Å²) < 4.78 is 15.7. The van der Waals surface area contributed by atoms with Crippen LogP contribution >= 0.6 is 0 Å². The van der Waals surface area contributed by atoms with E-state index in [1.54, 1.807) is 30.3 Å². The maximum absolute atomic E-state index is 12.6. The molecule has 0 aliphatic carbocycles. The summed E-state index contributed by atoms with van der Waals surface area (Å²) in [6, 6.07) is 12.1. The smallest absolute Gasteiger partial charge is 0.339 e. The minimum atomic E-state index is -0.552. The Kier molecular flexibility index (Phi) is 4.02. The lowest BCUT2D eigenvalue weighted by Crippen LogP contribution is -2.08. The molecular formula is C18H16O5. The van der Waals surface area contributed by atoms with Crippen molar-refractivity contribution in [2.75, 3.05) is 14.2 Å². The standard InChI is InChI=1S/C18H16O5/c1-21-12-7-11(8-13(9-12)22-2)16(19)10-17-14-5-3-4-6-15(14)18(20)23-17/h3-9,17H,10H2,1-2H3. The van der Waals surface area contributed by atoms with Crippen molar-refractivity contribution in [3.63, 3.8) is 0 Å². The van der Waals surface area contributed by atoms with Crippen LogP contribution in [0.25, 0.3) is 0 Å². The third-order valence-electron chi connectivity index (χ3n) is 3.82. The molecule has 0 amide bonds. The second-order valence-electron chi connectivity index (χ2n) is 5.21. The van der Waals surface area contributed by atoms with Crippen LogP contribution < -0.4 is 9.47 Å². The predicted octanol–water partition coefficient (Wildman–Crippen LogP) is 3.19. The first-order valence-corrected chi connectivity index (χ1v) is 7.18. The van der Waals surface area contributed by atoms with Crippen LogP contribution in [0.4, 0.5) is 0 Å². The van der Waals surface area contributed by atoms with Crippen LogP contribution in [0.1, 0.15) is 38.8 Å². The molecule has 0 fully saturated rings. The van der Waals surface area contributed by atoms with E-state index in [0.717, 1.165) is 5.56 Å². The van der Waals surface area contributed by atoms with Crippen molar-refractivity contribution in [3.05, 3.63) is 59.2 Å². The number of cyclic esters (lactones) is 1. The van der Waals surface area contributed by atoms with E-state index in [-0.39, 0.29) is 18.2 Å². The highest BCUT2D eigenvalue weighted by Gasteiger charge is 2.32. The van der Waals surface area contributed by atoms with Gasteiger partial charge in [-0.1, -0.05) is 18.2 Å². The zero-order valence-electron chi connectivity index (χ0n) is 12.9. The number of fused-ring (bicyclic) bond motifs is 1. The molecule has 0 spiro atoms. The van der Waals surface area contributed by atoms with Gasteiger partial charge in [-0.3, -0.25) is 4.79 Å². The Hall–Kier alpha value is -2.82. The van der Waals surface area contributed by atoms with Gasteiger partial charge in [-0.05, 0) is 18.2 Å². The van der Waals surface area contributed by atoms with Gasteiger partial charge in [-0.25, -0.2) is 4.79 Å². The molecule has 0 aromatic heterocycles. The van der Waals surface area contributed by atoms with Crippen LogP contribution in [0.5, 0.6) is 11.5 Å². The molecule has 2 aromatic rings. The zero-order valence-corrected chi connectivity index (χ0v) is 12.9. The Morgan fingerprint density at radius 2 is 1.74 bits per heavy atom. The number of Topliss-reactive ketones (excluding diaryl/α,β-unsaturated/α-hetero) is 1. The number of ketones is 1. The summed E-state index contributed by atoms with van der Waals surface area (Å²) >= 11 is 0. The number of methoxy groups -OCH3 is 2. The lowest BCUT2D eigenvalue weighted by atomic mass is 9.98. The average Bonchev–Trinajstić information content (AvgIpc) is 2.90. The van der Waals surface area contributed by atoms with Gasteiger partial charge in [0.05, 0.1) is 26.2 Å². The van der Waals surface area contributed by atoms with Crippen molar-refractivity contribution in [1.82, 2.24) is 0 Å². The van der Waals surface area contributed by atoms with Crippen molar-refractivity contribution in [3.8, 4) is 11.5 Å². The number of hydrogen-bond donors (Lipinski definition) is 0. The molecule has 1 heterocycles. The molecule has 23 heavy (non-hydrogen) atoms. The molecule has 3 rings (SSSR count). The van der Waals surface area contributed by atoms with Crippen LogP contribution in [0, 0.1) is 0 Å². The fourth-order valence-electron chi connectivity index (χ4n) is 2.63. The molecule has 0 N–H and O–H groups in total. The molecule has 0 bridgehead atoms. The first kappa shape index (κ1) is 15.1. The summed E-state index contributed by atoms with van der Waals surface area (Å²) in [4.78, 5) is 24.4. The summed E-state index contributed by atoms with van der Waals surface area (Å²) in [5, 5.41) is 0. The first-order chi connectivity index (χ1) is 11.1. The molecule has 5 heteroatoms. The number of esters is 1. The van der Waals surface area contributed by atoms with Gasteiger partial charge in [0.1, 0.15) is 17.6 Å². The van der Waals surface area contributed by atoms with Crippen LogP contribution in [0.2, 0.25) is 0 Å². The highest BCUT2D eigenvalue weighted by Crippen LogP contribution is 2.34. The Labute approximate surface area is 133 Å². The SMILES string of the molecule is COc1cc(OC)cc(C(=O)CC2OC(=O)c3ccccc32)c1. The normalized spacial score (nSPS) is 15.7. The van der Waals surface area contributed by atoms with Gasteiger partial charge in [-0.15, -0.1) is 0 Å². The van der Waals surface area contributed by atoms with Gasteiger partial charge in [0, 0.05) is 17.2 Å². The van der Waals surface area contributed by atoms with Gasteiger partial charge >= 0.3 is 5.97 Å². The number of carbonyl (C=O) groups excluding carboxylic acids is 2. The van der Waals surface area contributed by atoms with Crippen molar-refractivity contribution in [1.29, 1.82) is 0 Å². The number of carbonyl (C=O) groups is 2. The van der Waals surface area contributed by atoms with E-state index < -0.39 is 6.10 Å². The molecule has 0 saturated heterocycles. The molecule has 1 unspecified atom stereocenters. The van der Waals surface area contributed by atoms with E-state index in [1.165, 1.54) is 14.2 Å². The topological polar surface area (TPSA) is 61.8 Å². The Balaban J connectivity index is 1.84. The Bertz CT molecular complexity index is 744. The summed E-state index contributed by atoms with van der Waals surface area (Å²) in [5.41, 5.74) is 1.73.